The molecule has 0 aromatic carbocycles. The van der Waals surface area contributed by atoms with Gasteiger partial charge in [0.05, 0.1) is 12.4 Å². The lowest BCUT2D eigenvalue weighted by atomic mass is 10.3. The molecule has 1 atom stereocenters. The molecule has 2 heterocycles. The molecule has 1 unspecified atom stereocenters. The van der Waals surface area contributed by atoms with Crippen LogP contribution in [0.15, 0.2) is 6.33 Å². The van der Waals surface area contributed by atoms with E-state index >= 15 is 0 Å². The minimum absolute atomic E-state index is 0.170. The first-order valence-electron chi connectivity index (χ1n) is 5.33. The van der Waals surface area contributed by atoms with E-state index in [0.717, 1.165) is 5.52 Å². The molecule has 2 N–H and O–H groups in total. The Balaban J connectivity index is 2.30. The lowest BCUT2D eigenvalue weighted by Crippen LogP contribution is -2.23. The fourth-order valence-electron chi connectivity index (χ4n) is 1.55. The van der Waals surface area contributed by atoms with Crippen LogP contribution in [0.4, 0.5) is 5.82 Å². The third kappa shape index (κ3) is 2.65. The predicted octanol–water partition coefficient (Wildman–Crippen LogP) is 1.21. The van der Waals surface area contributed by atoms with Crippen LogP contribution in [-0.2, 0) is 0 Å². The van der Waals surface area contributed by atoms with E-state index in [2.05, 4.69) is 19.9 Å². The van der Waals surface area contributed by atoms with Gasteiger partial charge in [-0.3, -0.25) is 0 Å². The van der Waals surface area contributed by atoms with Crippen LogP contribution in [-0.4, -0.2) is 44.7 Å². The molecule has 92 valence electrons. The molecule has 0 amide bonds. The number of nitrogens with zero attached hydrogens (tertiary/aromatic N) is 4. The van der Waals surface area contributed by atoms with E-state index in [1.165, 1.54) is 0 Å². The molecule has 2 aromatic heterocycles. The second-order valence-electron chi connectivity index (χ2n) is 3.98. The highest BCUT2D eigenvalue weighted by Crippen LogP contribution is 2.21. The average molecular weight is 256 g/mol. The Labute approximate surface area is 104 Å². The molecule has 0 saturated carbocycles. The minimum Gasteiger partial charge on any atom is -0.393 e. The van der Waals surface area contributed by atoms with Crippen molar-refractivity contribution in [1.82, 2.24) is 19.9 Å². The van der Waals surface area contributed by atoms with E-state index in [1.807, 2.05) is 11.9 Å². The van der Waals surface area contributed by atoms with Crippen molar-refractivity contribution >= 4 is 28.6 Å². The zero-order valence-corrected chi connectivity index (χ0v) is 10.4. The average Bonchev–Trinajstić information content (AvgIpc) is 2.72. The van der Waals surface area contributed by atoms with Gasteiger partial charge in [0.25, 0.3) is 0 Å². The zero-order valence-electron chi connectivity index (χ0n) is 9.68. The number of nitrogens with one attached hydrogen (secondary N) is 1. The number of aromatic amines is 1. The summed E-state index contributed by atoms with van der Waals surface area (Å²) in [5, 5.41) is 9.44. The number of aliphatic hydroxyl groups is 1. The van der Waals surface area contributed by atoms with Crippen LogP contribution in [0.2, 0.25) is 5.28 Å². The van der Waals surface area contributed by atoms with Crippen molar-refractivity contribution in [2.24, 2.45) is 0 Å². The van der Waals surface area contributed by atoms with Gasteiger partial charge in [-0.2, -0.15) is 9.97 Å². The summed E-state index contributed by atoms with van der Waals surface area (Å²) in [4.78, 5) is 17.1. The van der Waals surface area contributed by atoms with Crippen LogP contribution < -0.4 is 4.90 Å². The predicted molar refractivity (Wildman–Crippen MR) is 66.3 cm³/mol. The number of anilines is 1. The molecule has 0 fully saturated rings. The van der Waals surface area contributed by atoms with E-state index in [4.69, 9.17) is 11.6 Å². The normalized spacial score (nSPS) is 12.9. The summed E-state index contributed by atoms with van der Waals surface area (Å²) in [6.07, 6.45) is 1.88. The Kier molecular flexibility index (Phi) is 3.44. The SMILES string of the molecule is CC(O)CCN(C)c1nc(Cl)nc2nc[nH]c12. The van der Waals surface area contributed by atoms with Crippen LogP contribution >= 0.6 is 11.6 Å². The lowest BCUT2D eigenvalue weighted by Gasteiger charge is -2.19. The maximum Gasteiger partial charge on any atom is 0.226 e. The maximum atomic E-state index is 9.27. The Bertz CT molecular complexity index is 512. The summed E-state index contributed by atoms with van der Waals surface area (Å²) in [5.41, 5.74) is 1.30. The van der Waals surface area contributed by atoms with Gasteiger partial charge in [0.1, 0.15) is 5.52 Å². The highest BCUT2D eigenvalue weighted by Gasteiger charge is 2.13. The van der Waals surface area contributed by atoms with Crippen molar-refractivity contribution in [3.05, 3.63) is 11.6 Å². The molecule has 6 nitrogen and oxygen atoms in total. The van der Waals surface area contributed by atoms with Gasteiger partial charge in [-0.05, 0) is 24.9 Å². The highest BCUT2D eigenvalue weighted by molar-refractivity contribution is 6.28. The number of imidazole rings is 1. The molecule has 17 heavy (non-hydrogen) atoms. The highest BCUT2D eigenvalue weighted by atomic mass is 35.5. The first kappa shape index (κ1) is 12.1. The van der Waals surface area contributed by atoms with Crippen LogP contribution in [0.25, 0.3) is 11.2 Å². The van der Waals surface area contributed by atoms with E-state index in [9.17, 15) is 5.11 Å². The Morgan fingerprint density at radius 1 is 1.53 bits per heavy atom. The van der Waals surface area contributed by atoms with E-state index in [1.54, 1.807) is 13.3 Å². The van der Waals surface area contributed by atoms with Crippen molar-refractivity contribution in [2.45, 2.75) is 19.4 Å². The summed E-state index contributed by atoms with van der Waals surface area (Å²) >= 11 is 5.84. The number of H-pyrrole nitrogens is 1. The second-order valence-corrected chi connectivity index (χ2v) is 4.31. The molecule has 0 aliphatic rings. The van der Waals surface area contributed by atoms with Crippen LogP contribution in [0.1, 0.15) is 13.3 Å². The van der Waals surface area contributed by atoms with Gasteiger partial charge < -0.3 is 15.0 Å². The summed E-state index contributed by atoms with van der Waals surface area (Å²) in [6, 6.07) is 0. The van der Waals surface area contributed by atoms with Crippen molar-refractivity contribution in [3.63, 3.8) is 0 Å². The van der Waals surface area contributed by atoms with E-state index in [0.29, 0.717) is 24.4 Å². The Morgan fingerprint density at radius 3 is 3.00 bits per heavy atom. The molecule has 0 aliphatic carbocycles. The molecular formula is C10H14ClN5O. The molecule has 2 aromatic rings. The van der Waals surface area contributed by atoms with Crippen LogP contribution in [0.3, 0.4) is 0 Å². The first-order valence-corrected chi connectivity index (χ1v) is 5.71. The molecule has 2 rings (SSSR count). The summed E-state index contributed by atoms with van der Waals surface area (Å²) in [6.45, 7) is 2.44. The molecule has 0 saturated heterocycles. The Hall–Kier alpha value is -1.40. The second kappa shape index (κ2) is 4.85. The van der Waals surface area contributed by atoms with E-state index < -0.39 is 0 Å². The van der Waals surface area contributed by atoms with E-state index in [-0.39, 0.29) is 11.4 Å². The maximum absolute atomic E-state index is 9.27. The standard InChI is InChI=1S/C10H14ClN5O/c1-6(17)3-4-16(2)9-7-8(13-5-12-7)14-10(11)15-9/h5-6,17H,3-4H2,1-2H3,(H,12,13,14,15). The fourth-order valence-corrected chi connectivity index (χ4v) is 1.71. The molecular weight excluding hydrogens is 242 g/mol. The van der Waals surface area contributed by atoms with Crippen molar-refractivity contribution < 1.29 is 5.11 Å². The topological polar surface area (TPSA) is 77.9 Å². The van der Waals surface area contributed by atoms with Crippen molar-refractivity contribution in [1.29, 1.82) is 0 Å². The number of hydrogen-bond donors (Lipinski definition) is 2. The van der Waals surface area contributed by atoms with Crippen LogP contribution in [0, 0.1) is 0 Å². The number of rotatable bonds is 4. The molecule has 7 heteroatoms. The summed E-state index contributed by atoms with van der Waals surface area (Å²) in [5.74, 6) is 0.693. The third-order valence-electron chi connectivity index (χ3n) is 2.48. The number of aliphatic hydroxyl groups excluding tert-OH is 1. The van der Waals surface area contributed by atoms with Gasteiger partial charge in [0, 0.05) is 13.6 Å². The first-order chi connectivity index (χ1) is 8.08. The smallest absolute Gasteiger partial charge is 0.226 e. The van der Waals surface area contributed by atoms with Gasteiger partial charge >= 0.3 is 0 Å². The molecule has 0 aliphatic heterocycles. The molecule has 0 spiro atoms. The number of hydrogen-bond acceptors (Lipinski definition) is 5. The van der Waals surface area contributed by atoms with Crippen LogP contribution in [0.5, 0.6) is 0 Å². The largest absolute Gasteiger partial charge is 0.393 e. The molecule has 0 bridgehead atoms. The van der Waals surface area contributed by atoms with Gasteiger partial charge in [-0.25, -0.2) is 4.98 Å². The van der Waals surface area contributed by atoms with Crippen molar-refractivity contribution in [3.8, 4) is 0 Å². The van der Waals surface area contributed by atoms with Gasteiger partial charge in [0.15, 0.2) is 11.5 Å². The quantitative estimate of drug-likeness (QED) is 0.803. The zero-order chi connectivity index (χ0) is 12.4. The molecule has 0 radical (unpaired) electrons. The Morgan fingerprint density at radius 2 is 2.29 bits per heavy atom. The monoisotopic (exact) mass is 255 g/mol. The van der Waals surface area contributed by atoms with Gasteiger partial charge in [0.2, 0.25) is 5.28 Å². The number of halogens is 1. The lowest BCUT2D eigenvalue weighted by molar-refractivity contribution is 0.187. The number of fused-ring (bicyclic) bond motifs is 1. The number of aromatic nitrogens is 4. The van der Waals surface area contributed by atoms with Crippen molar-refractivity contribution in [2.75, 3.05) is 18.5 Å². The summed E-state index contributed by atoms with van der Waals surface area (Å²) < 4.78 is 0. The minimum atomic E-state index is -0.341. The fraction of sp³-hybridized carbons (Fsp3) is 0.500. The summed E-state index contributed by atoms with van der Waals surface area (Å²) in [7, 11) is 1.89. The van der Waals surface area contributed by atoms with Gasteiger partial charge in [-0.15, -0.1) is 0 Å². The van der Waals surface area contributed by atoms with Gasteiger partial charge in [-0.1, -0.05) is 0 Å². The third-order valence-corrected chi connectivity index (χ3v) is 2.65.